The molecule has 0 saturated heterocycles. The first-order valence-electron chi connectivity index (χ1n) is 6.04. The maximum Gasteiger partial charge on any atom is 0.185 e. The summed E-state index contributed by atoms with van der Waals surface area (Å²) in [6.07, 6.45) is 0.0532. The van der Waals surface area contributed by atoms with Crippen molar-refractivity contribution >= 4 is 22.7 Å². The molecular formula is C13H20N2O3S. The Balaban J connectivity index is 2.56. The number of aliphatic hydroxyl groups excluding tert-OH is 2. The fraction of sp³-hybridized carbons (Fsp3) is 0.538. The van der Waals surface area contributed by atoms with E-state index in [1.54, 1.807) is 18.3 Å². The lowest BCUT2D eigenvalue weighted by Gasteiger charge is -2.18. The van der Waals surface area contributed by atoms with E-state index in [9.17, 15) is 15.0 Å². The van der Waals surface area contributed by atoms with E-state index in [0.29, 0.717) is 17.7 Å². The van der Waals surface area contributed by atoms with Crippen LogP contribution in [0.5, 0.6) is 0 Å². The van der Waals surface area contributed by atoms with Gasteiger partial charge in [0.05, 0.1) is 6.10 Å². The molecule has 0 amide bonds. The molecular weight excluding hydrogens is 264 g/mol. The number of anilines is 1. The van der Waals surface area contributed by atoms with Crippen molar-refractivity contribution in [1.29, 1.82) is 0 Å². The summed E-state index contributed by atoms with van der Waals surface area (Å²) in [4.78, 5) is 16.8. The van der Waals surface area contributed by atoms with E-state index in [2.05, 4.69) is 4.98 Å². The van der Waals surface area contributed by atoms with Crippen LogP contribution in [-0.4, -0.2) is 46.3 Å². The molecule has 2 N–H and O–H groups in total. The smallest absolute Gasteiger partial charge is 0.185 e. The van der Waals surface area contributed by atoms with Crippen LogP contribution in [-0.2, 0) is 4.79 Å². The van der Waals surface area contributed by atoms with Crippen LogP contribution in [0.3, 0.4) is 0 Å². The van der Waals surface area contributed by atoms with Crippen molar-refractivity contribution in [1.82, 2.24) is 4.98 Å². The molecule has 0 fully saturated rings. The lowest BCUT2D eigenvalue weighted by Crippen LogP contribution is -2.19. The van der Waals surface area contributed by atoms with Gasteiger partial charge in [-0.3, -0.25) is 4.79 Å². The van der Waals surface area contributed by atoms with Crippen molar-refractivity contribution < 1.29 is 15.0 Å². The molecule has 0 aliphatic rings. The maximum absolute atomic E-state index is 10.8. The molecule has 5 nitrogen and oxygen atoms in total. The van der Waals surface area contributed by atoms with E-state index in [1.165, 1.54) is 6.92 Å². The summed E-state index contributed by atoms with van der Waals surface area (Å²) >= 11 is 1.15. The highest BCUT2D eigenvalue weighted by Gasteiger charge is 2.18. The van der Waals surface area contributed by atoms with Gasteiger partial charge in [0, 0.05) is 38.5 Å². The largest absolute Gasteiger partial charge is 0.390 e. The van der Waals surface area contributed by atoms with Crippen LogP contribution in [0, 0.1) is 0 Å². The number of hydrogen-bond donors (Lipinski definition) is 2. The molecule has 6 heteroatoms. The van der Waals surface area contributed by atoms with Crippen LogP contribution in [0.4, 0.5) is 5.82 Å². The highest BCUT2D eigenvalue weighted by Crippen LogP contribution is 2.21. The van der Waals surface area contributed by atoms with Gasteiger partial charge in [-0.2, -0.15) is 0 Å². The zero-order valence-electron chi connectivity index (χ0n) is 11.4. The summed E-state index contributed by atoms with van der Waals surface area (Å²) in [7, 11) is 3.76. The summed E-state index contributed by atoms with van der Waals surface area (Å²) in [6, 6.07) is 3.53. The second-order valence-electron chi connectivity index (χ2n) is 4.49. The van der Waals surface area contributed by atoms with Gasteiger partial charge in [-0.15, -0.1) is 0 Å². The quantitative estimate of drug-likeness (QED) is 0.818. The summed E-state index contributed by atoms with van der Waals surface area (Å²) in [5.41, 5.74) is 0.575. The number of carbonyl (C=O) groups is 1. The monoisotopic (exact) mass is 284 g/mol. The number of pyridine rings is 1. The Morgan fingerprint density at radius 2 is 2.11 bits per heavy atom. The molecule has 1 aromatic heterocycles. The summed E-state index contributed by atoms with van der Waals surface area (Å²) in [6.45, 7) is 1.48. The third-order valence-corrected chi connectivity index (χ3v) is 3.50. The first-order valence-corrected chi connectivity index (χ1v) is 7.03. The van der Waals surface area contributed by atoms with E-state index in [-0.39, 0.29) is 5.12 Å². The SMILES string of the molecule is CC(=O)SCCC(O)C(O)c1ccc(N(C)C)nc1. The number of nitrogens with zero attached hydrogens (tertiary/aromatic N) is 2. The lowest BCUT2D eigenvalue weighted by atomic mass is 10.0. The van der Waals surface area contributed by atoms with Crippen LogP contribution in [0.1, 0.15) is 25.0 Å². The minimum Gasteiger partial charge on any atom is -0.390 e. The minimum absolute atomic E-state index is 0.0127. The van der Waals surface area contributed by atoms with E-state index in [1.807, 2.05) is 19.0 Å². The Morgan fingerprint density at radius 3 is 2.58 bits per heavy atom. The number of aromatic nitrogens is 1. The molecule has 0 aromatic carbocycles. The van der Waals surface area contributed by atoms with Gasteiger partial charge in [0.15, 0.2) is 5.12 Å². The van der Waals surface area contributed by atoms with Crippen LogP contribution in [0.25, 0.3) is 0 Å². The lowest BCUT2D eigenvalue weighted by molar-refractivity contribution is -0.109. The standard InChI is InChI=1S/C13H20N2O3S/c1-9(16)19-7-6-11(17)13(18)10-4-5-12(14-8-10)15(2)3/h4-5,8,11,13,17-18H,6-7H2,1-3H3. The van der Waals surface area contributed by atoms with E-state index in [0.717, 1.165) is 17.6 Å². The van der Waals surface area contributed by atoms with Crippen molar-refractivity contribution in [3.8, 4) is 0 Å². The topological polar surface area (TPSA) is 73.7 Å². The molecule has 0 bridgehead atoms. The molecule has 106 valence electrons. The Bertz CT molecular complexity index is 409. The van der Waals surface area contributed by atoms with Crippen molar-refractivity contribution in [2.24, 2.45) is 0 Å². The highest BCUT2D eigenvalue weighted by molar-refractivity contribution is 8.13. The molecule has 2 atom stereocenters. The van der Waals surface area contributed by atoms with Gasteiger partial charge in [-0.05, 0) is 12.5 Å². The van der Waals surface area contributed by atoms with Crippen LogP contribution < -0.4 is 4.90 Å². The van der Waals surface area contributed by atoms with Crippen molar-refractivity contribution in [2.75, 3.05) is 24.7 Å². The molecule has 0 aliphatic carbocycles. The number of rotatable bonds is 6. The molecule has 0 saturated carbocycles. The molecule has 1 heterocycles. The van der Waals surface area contributed by atoms with Crippen LogP contribution in [0.2, 0.25) is 0 Å². The third kappa shape index (κ3) is 5.18. The van der Waals surface area contributed by atoms with Crippen molar-refractivity contribution in [3.05, 3.63) is 23.9 Å². The average molecular weight is 284 g/mol. The van der Waals surface area contributed by atoms with Gasteiger partial charge in [-0.1, -0.05) is 17.8 Å². The molecule has 0 aliphatic heterocycles. The predicted molar refractivity (Wildman–Crippen MR) is 77.3 cm³/mol. The fourth-order valence-corrected chi connectivity index (χ4v) is 2.19. The molecule has 2 unspecified atom stereocenters. The first-order chi connectivity index (χ1) is 8.91. The number of thioether (sulfide) groups is 1. The summed E-state index contributed by atoms with van der Waals surface area (Å²) in [5.74, 6) is 1.29. The molecule has 0 radical (unpaired) electrons. The number of aliphatic hydroxyl groups is 2. The van der Waals surface area contributed by atoms with Gasteiger partial charge in [0.2, 0.25) is 0 Å². The average Bonchev–Trinajstić information content (AvgIpc) is 2.37. The van der Waals surface area contributed by atoms with Gasteiger partial charge in [-0.25, -0.2) is 4.98 Å². The van der Waals surface area contributed by atoms with Gasteiger partial charge < -0.3 is 15.1 Å². The summed E-state index contributed by atoms with van der Waals surface area (Å²) in [5, 5.41) is 19.8. The first kappa shape index (κ1) is 15.9. The van der Waals surface area contributed by atoms with Crippen LogP contribution >= 0.6 is 11.8 Å². The highest BCUT2D eigenvalue weighted by atomic mass is 32.2. The zero-order valence-corrected chi connectivity index (χ0v) is 12.2. The van der Waals surface area contributed by atoms with E-state index >= 15 is 0 Å². The molecule has 1 rings (SSSR count). The Hall–Kier alpha value is -1.11. The second kappa shape index (κ2) is 7.47. The fourth-order valence-electron chi connectivity index (χ4n) is 1.54. The summed E-state index contributed by atoms with van der Waals surface area (Å²) < 4.78 is 0. The van der Waals surface area contributed by atoms with Crippen molar-refractivity contribution in [2.45, 2.75) is 25.6 Å². The third-order valence-electron chi connectivity index (χ3n) is 2.65. The van der Waals surface area contributed by atoms with Crippen molar-refractivity contribution in [3.63, 3.8) is 0 Å². The number of hydrogen-bond acceptors (Lipinski definition) is 6. The maximum atomic E-state index is 10.8. The minimum atomic E-state index is -0.976. The molecule has 0 spiro atoms. The second-order valence-corrected chi connectivity index (χ2v) is 5.76. The molecule has 19 heavy (non-hydrogen) atoms. The molecule has 1 aromatic rings. The van der Waals surface area contributed by atoms with Gasteiger partial charge in [0.25, 0.3) is 0 Å². The Morgan fingerprint density at radius 1 is 1.42 bits per heavy atom. The van der Waals surface area contributed by atoms with Crippen LogP contribution in [0.15, 0.2) is 18.3 Å². The van der Waals surface area contributed by atoms with Gasteiger partial charge in [0.1, 0.15) is 11.9 Å². The Labute approximate surface area is 117 Å². The van der Waals surface area contributed by atoms with E-state index < -0.39 is 12.2 Å². The Kier molecular flexibility index (Phi) is 6.27. The number of carbonyl (C=O) groups excluding carboxylic acids is 1. The predicted octanol–water partition coefficient (Wildman–Crippen LogP) is 1.21. The zero-order chi connectivity index (χ0) is 14.4. The van der Waals surface area contributed by atoms with E-state index in [4.69, 9.17) is 0 Å². The van der Waals surface area contributed by atoms with Gasteiger partial charge >= 0.3 is 0 Å². The normalized spacial score (nSPS) is 13.9.